The Morgan fingerprint density at radius 1 is 1.03 bits per heavy atom. The molecule has 31 heavy (non-hydrogen) atoms. The number of ether oxygens (including phenoxy) is 1. The minimum absolute atomic E-state index is 0.0589. The predicted molar refractivity (Wildman–Crippen MR) is 122 cm³/mol. The lowest BCUT2D eigenvalue weighted by Gasteiger charge is -2.22. The van der Waals surface area contributed by atoms with Gasteiger partial charge in [0.2, 0.25) is 10.0 Å². The Bertz CT molecular complexity index is 1040. The van der Waals surface area contributed by atoms with Gasteiger partial charge < -0.3 is 9.64 Å². The monoisotopic (exact) mass is 444 g/mol. The van der Waals surface area contributed by atoms with Crippen LogP contribution in [0, 0.1) is 13.8 Å². The Kier molecular flexibility index (Phi) is 7.38. The Balaban J connectivity index is 1.90. The zero-order chi connectivity index (χ0) is 22.6. The smallest absolute Gasteiger partial charge is 0.257 e. The molecule has 7 heteroatoms. The third kappa shape index (κ3) is 5.46. The van der Waals surface area contributed by atoms with Crippen molar-refractivity contribution in [1.82, 2.24) is 9.62 Å². The number of nitrogens with one attached hydrogen (secondary N) is 1. The quantitative estimate of drug-likeness (QED) is 0.718. The molecule has 1 atom stereocenters. The molecular weight excluding hydrogens is 412 g/mol. The molecule has 0 unspecified atom stereocenters. The van der Waals surface area contributed by atoms with Crippen LogP contribution in [0.4, 0.5) is 0 Å². The zero-order valence-corrected chi connectivity index (χ0v) is 19.6. The van der Waals surface area contributed by atoms with E-state index in [1.54, 1.807) is 11.0 Å². The summed E-state index contributed by atoms with van der Waals surface area (Å²) in [7, 11) is -2.34. The van der Waals surface area contributed by atoms with E-state index in [1.807, 2.05) is 39.0 Å². The highest BCUT2D eigenvalue weighted by Gasteiger charge is 2.25. The lowest BCUT2D eigenvalue weighted by molar-refractivity contribution is 0.0758. The molecule has 0 saturated carbocycles. The molecule has 0 radical (unpaired) electrons. The van der Waals surface area contributed by atoms with Gasteiger partial charge in [-0.15, -0.1) is 0 Å². The molecule has 1 heterocycles. The molecule has 3 rings (SSSR count). The number of nitrogens with zero attached hydrogens (tertiary/aromatic N) is 1. The fourth-order valence-electron chi connectivity index (χ4n) is 4.06. The SMILES string of the molecule is COc1ccc(S(=O)(=O)N[C@H](C)c2cc(C)ccc2C)cc1C(=O)N1CCCCCC1. The lowest BCUT2D eigenvalue weighted by Crippen LogP contribution is -2.32. The highest BCUT2D eigenvalue weighted by molar-refractivity contribution is 7.89. The molecule has 0 spiro atoms. The number of hydrogen-bond acceptors (Lipinski definition) is 4. The Labute approximate surface area is 185 Å². The molecule has 6 nitrogen and oxygen atoms in total. The molecule has 1 N–H and O–H groups in total. The van der Waals surface area contributed by atoms with Gasteiger partial charge >= 0.3 is 0 Å². The van der Waals surface area contributed by atoms with Crippen molar-refractivity contribution in [2.45, 2.75) is 57.4 Å². The zero-order valence-electron chi connectivity index (χ0n) is 18.8. The minimum Gasteiger partial charge on any atom is -0.496 e. The molecule has 0 aliphatic carbocycles. The van der Waals surface area contributed by atoms with Crippen molar-refractivity contribution in [2.24, 2.45) is 0 Å². The maximum Gasteiger partial charge on any atom is 0.257 e. The number of carbonyl (C=O) groups is 1. The van der Waals surface area contributed by atoms with Gasteiger partial charge in [-0.2, -0.15) is 0 Å². The second-order valence-corrected chi connectivity index (χ2v) is 9.99. The number of carbonyl (C=O) groups excluding carboxylic acids is 1. The molecule has 2 aromatic carbocycles. The first-order valence-electron chi connectivity index (χ1n) is 10.8. The number of aryl methyl sites for hydroxylation is 2. The summed E-state index contributed by atoms with van der Waals surface area (Å²) in [6.07, 6.45) is 4.13. The first-order chi connectivity index (χ1) is 14.7. The van der Waals surface area contributed by atoms with Crippen LogP contribution in [0.2, 0.25) is 0 Å². The molecule has 0 bridgehead atoms. The topological polar surface area (TPSA) is 75.7 Å². The predicted octanol–water partition coefficient (Wildman–Crippen LogP) is 4.37. The van der Waals surface area contributed by atoms with Gasteiger partial charge in [0.1, 0.15) is 5.75 Å². The lowest BCUT2D eigenvalue weighted by atomic mass is 10.0. The standard InChI is InChI=1S/C24H32N2O4S/c1-17-9-10-18(2)21(15-17)19(3)25-31(28,29)20-11-12-23(30-4)22(16-20)24(27)26-13-7-5-6-8-14-26/h9-12,15-16,19,25H,5-8,13-14H2,1-4H3/t19-/m1/s1. The second kappa shape index (κ2) is 9.83. The number of sulfonamides is 1. The third-order valence-electron chi connectivity index (χ3n) is 5.84. The summed E-state index contributed by atoms with van der Waals surface area (Å²) in [6, 6.07) is 10.1. The summed E-state index contributed by atoms with van der Waals surface area (Å²) in [6.45, 7) is 7.13. The highest BCUT2D eigenvalue weighted by atomic mass is 32.2. The van der Waals surface area contributed by atoms with E-state index in [9.17, 15) is 13.2 Å². The Hall–Kier alpha value is -2.38. The van der Waals surface area contributed by atoms with Crippen molar-refractivity contribution in [1.29, 1.82) is 0 Å². The van der Waals surface area contributed by atoms with E-state index in [0.29, 0.717) is 18.8 Å². The van der Waals surface area contributed by atoms with Gasteiger partial charge in [-0.05, 0) is 62.9 Å². The molecule has 2 aromatic rings. The molecule has 1 fully saturated rings. The second-order valence-electron chi connectivity index (χ2n) is 8.27. The van der Waals surface area contributed by atoms with Crippen molar-refractivity contribution in [3.63, 3.8) is 0 Å². The molecule has 0 aromatic heterocycles. The first kappa shape index (κ1) is 23.3. The number of amides is 1. The minimum atomic E-state index is -3.83. The fraction of sp³-hybridized carbons (Fsp3) is 0.458. The number of hydrogen-bond donors (Lipinski definition) is 1. The van der Waals surface area contributed by atoms with E-state index in [1.165, 1.54) is 19.2 Å². The number of likely N-dealkylation sites (tertiary alicyclic amines) is 1. The van der Waals surface area contributed by atoms with Crippen LogP contribution in [-0.4, -0.2) is 39.4 Å². The van der Waals surface area contributed by atoms with Crippen molar-refractivity contribution in [3.8, 4) is 5.75 Å². The summed E-state index contributed by atoms with van der Waals surface area (Å²) >= 11 is 0. The van der Waals surface area contributed by atoms with E-state index in [0.717, 1.165) is 42.4 Å². The van der Waals surface area contributed by atoms with Gasteiger partial charge in [-0.1, -0.05) is 36.6 Å². The highest BCUT2D eigenvalue weighted by Crippen LogP contribution is 2.27. The molecular formula is C24H32N2O4S. The Morgan fingerprint density at radius 2 is 1.71 bits per heavy atom. The third-order valence-corrected chi connectivity index (χ3v) is 7.38. The van der Waals surface area contributed by atoms with Crippen LogP contribution < -0.4 is 9.46 Å². The van der Waals surface area contributed by atoms with Crippen molar-refractivity contribution in [3.05, 3.63) is 58.7 Å². The van der Waals surface area contributed by atoms with Crippen LogP contribution in [-0.2, 0) is 10.0 Å². The normalized spacial score (nSPS) is 15.9. The number of benzene rings is 2. The maximum absolute atomic E-state index is 13.2. The van der Waals surface area contributed by atoms with Crippen molar-refractivity contribution < 1.29 is 17.9 Å². The van der Waals surface area contributed by atoms with Gasteiger partial charge in [-0.3, -0.25) is 4.79 Å². The van der Waals surface area contributed by atoms with Crippen LogP contribution in [0.25, 0.3) is 0 Å². The van der Waals surface area contributed by atoms with Gasteiger partial charge in [0.25, 0.3) is 5.91 Å². The van der Waals surface area contributed by atoms with Crippen LogP contribution >= 0.6 is 0 Å². The van der Waals surface area contributed by atoms with Crippen LogP contribution in [0.5, 0.6) is 5.75 Å². The molecule has 1 aliphatic rings. The summed E-state index contributed by atoms with van der Waals surface area (Å²) in [5.41, 5.74) is 3.30. The number of methoxy groups -OCH3 is 1. The summed E-state index contributed by atoms with van der Waals surface area (Å²) in [5, 5.41) is 0. The van der Waals surface area contributed by atoms with E-state index in [4.69, 9.17) is 4.74 Å². The average molecular weight is 445 g/mol. The molecule has 1 amide bonds. The van der Waals surface area contributed by atoms with E-state index in [-0.39, 0.29) is 16.4 Å². The van der Waals surface area contributed by atoms with Gasteiger partial charge in [0, 0.05) is 19.1 Å². The first-order valence-corrected chi connectivity index (χ1v) is 12.3. The molecule has 1 aliphatic heterocycles. The fourth-order valence-corrected chi connectivity index (χ4v) is 5.30. The summed E-state index contributed by atoms with van der Waals surface area (Å²) in [5.74, 6) is 0.203. The average Bonchev–Trinajstić information content (AvgIpc) is 3.03. The van der Waals surface area contributed by atoms with E-state index in [2.05, 4.69) is 4.72 Å². The van der Waals surface area contributed by atoms with Crippen molar-refractivity contribution in [2.75, 3.05) is 20.2 Å². The van der Waals surface area contributed by atoms with Gasteiger partial charge in [0.05, 0.1) is 17.6 Å². The van der Waals surface area contributed by atoms with Gasteiger partial charge in [0.15, 0.2) is 0 Å². The van der Waals surface area contributed by atoms with Crippen molar-refractivity contribution >= 4 is 15.9 Å². The summed E-state index contributed by atoms with van der Waals surface area (Å²) < 4.78 is 34.4. The largest absolute Gasteiger partial charge is 0.496 e. The molecule has 168 valence electrons. The van der Waals surface area contributed by atoms with Crippen LogP contribution in [0.3, 0.4) is 0 Å². The van der Waals surface area contributed by atoms with E-state index < -0.39 is 16.1 Å². The van der Waals surface area contributed by atoms with Crippen LogP contribution in [0.15, 0.2) is 41.3 Å². The summed E-state index contributed by atoms with van der Waals surface area (Å²) in [4.78, 5) is 15.0. The van der Waals surface area contributed by atoms with Gasteiger partial charge in [-0.25, -0.2) is 13.1 Å². The number of rotatable bonds is 6. The maximum atomic E-state index is 13.2. The Morgan fingerprint density at radius 3 is 2.35 bits per heavy atom. The van der Waals surface area contributed by atoms with Crippen LogP contribution in [0.1, 0.15) is 65.7 Å². The molecule has 1 saturated heterocycles. The van der Waals surface area contributed by atoms with E-state index >= 15 is 0 Å².